The maximum atomic E-state index is 10.2. The normalized spacial score (nSPS) is 44.4. The van der Waals surface area contributed by atoms with Crippen LogP contribution in [0.2, 0.25) is 0 Å². The van der Waals surface area contributed by atoms with E-state index in [9.17, 15) is 5.11 Å². The van der Waals surface area contributed by atoms with Crippen molar-refractivity contribution < 1.29 is 5.11 Å². The minimum atomic E-state index is -0.106. The molecule has 138 valence electrons. The van der Waals surface area contributed by atoms with Gasteiger partial charge < -0.3 is 5.11 Å². The van der Waals surface area contributed by atoms with Crippen molar-refractivity contribution in [3.8, 4) is 0 Å². The van der Waals surface area contributed by atoms with Crippen LogP contribution in [0, 0.1) is 28.6 Å². The van der Waals surface area contributed by atoms with Gasteiger partial charge in [0.05, 0.1) is 6.10 Å². The van der Waals surface area contributed by atoms with E-state index in [1.807, 2.05) is 12.4 Å². The molecule has 2 saturated carbocycles. The molecule has 0 radical (unpaired) electrons. The fourth-order valence-electron chi connectivity index (χ4n) is 7.18. The molecule has 0 amide bonds. The van der Waals surface area contributed by atoms with Crippen molar-refractivity contribution in [2.75, 3.05) is 0 Å². The van der Waals surface area contributed by atoms with Crippen LogP contribution >= 0.6 is 0 Å². The molecule has 1 unspecified atom stereocenters. The third kappa shape index (κ3) is 2.24. The summed E-state index contributed by atoms with van der Waals surface area (Å²) in [4.78, 5) is 4.38. The van der Waals surface area contributed by atoms with Crippen LogP contribution in [0.4, 0.5) is 0 Å². The molecule has 1 aromatic heterocycles. The zero-order valence-electron chi connectivity index (χ0n) is 16.1. The number of pyridine rings is 1. The largest absolute Gasteiger partial charge is 0.393 e. The molecular weight excluding hydrogens is 318 g/mol. The molecule has 2 heteroatoms. The Hall–Kier alpha value is -1.41. The van der Waals surface area contributed by atoms with Gasteiger partial charge in [-0.05, 0) is 90.7 Å². The van der Waals surface area contributed by atoms with E-state index >= 15 is 0 Å². The zero-order valence-corrected chi connectivity index (χ0v) is 16.1. The molecule has 1 heterocycles. The molecule has 0 aromatic carbocycles. The van der Waals surface area contributed by atoms with E-state index in [4.69, 9.17) is 0 Å². The van der Waals surface area contributed by atoms with Crippen molar-refractivity contribution in [2.45, 2.75) is 64.9 Å². The van der Waals surface area contributed by atoms with Crippen molar-refractivity contribution >= 4 is 5.57 Å². The monoisotopic (exact) mass is 349 g/mol. The molecule has 26 heavy (non-hydrogen) atoms. The smallest absolute Gasteiger partial charge is 0.0577 e. The molecule has 1 aromatic rings. The Morgan fingerprint density at radius 1 is 1.04 bits per heavy atom. The molecule has 4 aliphatic rings. The van der Waals surface area contributed by atoms with Crippen LogP contribution < -0.4 is 0 Å². The van der Waals surface area contributed by atoms with Gasteiger partial charge in [0.1, 0.15) is 0 Å². The third-order valence-electron chi connectivity index (χ3n) is 8.63. The molecular formula is C24H31NO. The highest BCUT2D eigenvalue weighted by Crippen LogP contribution is 2.66. The van der Waals surface area contributed by atoms with E-state index in [0.29, 0.717) is 10.8 Å². The Labute approximate surface area is 157 Å². The lowest BCUT2D eigenvalue weighted by molar-refractivity contribution is -0.0238. The molecule has 0 saturated heterocycles. The van der Waals surface area contributed by atoms with Gasteiger partial charge in [-0.3, -0.25) is 4.98 Å². The highest BCUT2D eigenvalue weighted by Gasteiger charge is 2.56. The van der Waals surface area contributed by atoms with Crippen molar-refractivity contribution in [3.63, 3.8) is 0 Å². The van der Waals surface area contributed by atoms with Crippen molar-refractivity contribution in [2.24, 2.45) is 28.6 Å². The second kappa shape index (κ2) is 5.79. The van der Waals surface area contributed by atoms with E-state index in [0.717, 1.165) is 30.6 Å². The van der Waals surface area contributed by atoms with Gasteiger partial charge in [0.15, 0.2) is 0 Å². The van der Waals surface area contributed by atoms with Crippen molar-refractivity contribution in [1.29, 1.82) is 0 Å². The lowest BCUT2D eigenvalue weighted by Gasteiger charge is -2.57. The van der Waals surface area contributed by atoms with Gasteiger partial charge in [-0.1, -0.05) is 37.6 Å². The highest BCUT2D eigenvalue weighted by atomic mass is 16.3. The summed E-state index contributed by atoms with van der Waals surface area (Å²) in [5.74, 6) is 2.36. The van der Waals surface area contributed by atoms with Gasteiger partial charge in [0, 0.05) is 12.4 Å². The number of aliphatic hydroxyl groups is 1. The van der Waals surface area contributed by atoms with Gasteiger partial charge in [0.25, 0.3) is 0 Å². The fourth-order valence-corrected chi connectivity index (χ4v) is 7.18. The average Bonchev–Trinajstić information content (AvgIpc) is 3.00. The average molecular weight is 350 g/mol. The van der Waals surface area contributed by atoms with E-state index in [1.165, 1.54) is 37.7 Å². The van der Waals surface area contributed by atoms with Crippen LogP contribution in [0.1, 0.15) is 64.4 Å². The van der Waals surface area contributed by atoms with Gasteiger partial charge in [-0.25, -0.2) is 0 Å². The lowest BCUT2D eigenvalue weighted by atomic mass is 9.47. The standard InChI is InChI=1S/C24H31NO/c1-23-11-9-18(26)14-17(23)5-6-19-21-8-7-20(16-4-3-13-25-15-16)24(21,2)12-10-22(19)23/h3-5,7,13,15,18-19,21-22,26H,6,8-12,14H2,1-2H3/t18?,19-,21-,22+,23-,24+/m0/s1. The maximum Gasteiger partial charge on any atom is 0.0577 e. The van der Waals surface area contributed by atoms with Crippen LogP contribution in [0.15, 0.2) is 42.3 Å². The van der Waals surface area contributed by atoms with Crippen LogP contribution in [-0.2, 0) is 0 Å². The summed E-state index contributed by atoms with van der Waals surface area (Å²) in [6.45, 7) is 5.03. The van der Waals surface area contributed by atoms with Gasteiger partial charge >= 0.3 is 0 Å². The summed E-state index contributed by atoms with van der Waals surface area (Å²) in [6, 6.07) is 4.31. The molecule has 4 aliphatic carbocycles. The molecule has 0 spiro atoms. The summed E-state index contributed by atoms with van der Waals surface area (Å²) < 4.78 is 0. The Morgan fingerprint density at radius 2 is 1.88 bits per heavy atom. The summed E-state index contributed by atoms with van der Waals surface area (Å²) in [7, 11) is 0. The number of aliphatic hydroxyl groups excluding tert-OH is 1. The van der Waals surface area contributed by atoms with Crippen LogP contribution in [0.3, 0.4) is 0 Å². The molecule has 0 bridgehead atoms. The first-order valence-corrected chi connectivity index (χ1v) is 10.5. The number of nitrogens with zero attached hydrogens (tertiary/aromatic N) is 1. The van der Waals surface area contributed by atoms with Crippen molar-refractivity contribution in [1.82, 2.24) is 4.98 Å². The number of allylic oxidation sites excluding steroid dienone is 3. The second-order valence-corrected chi connectivity index (χ2v) is 9.71. The van der Waals surface area contributed by atoms with Crippen molar-refractivity contribution in [3.05, 3.63) is 47.8 Å². The van der Waals surface area contributed by atoms with Gasteiger partial charge in [-0.2, -0.15) is 0 Å². The summed E-state index contributed by atoms with van der Waals surface area (Å²) in [6.07, 6.45) is 17.0. The number of rotatable bonds is 1. The first-order valence-electron chi connectivity index (χ1n) is 10.5. The van der Waals surface area contributed by atoms with Crippen LogP contribution in [-0.4, -0.2) is 16.2 Å². The molecule has 1 N–H and O–H groups in total. The van der Waals surface area contributed by atoms with Crippen LogP contribution in [0.5, 0.6) is 0 Å². The molecule has 2 nitrogen and oxygen atoms in total. The minimum Gasteiger partial charge on any atom is -0.393 e. The fraction of sp³-hybridized carbons (Fsp3) is 0.625. The van der Waals surface area contributed by atoms with Gasteiger partial charge in [0.2, 0.25) is 0 Å². The molecule has 5 rings (SSSR count). The SMILES string of the molecule is C[C@]12CCC(O)CC1=CC[C@@H]1[C@H]2CC[C@]2(C)C(c3cccnc3)=CC[C@@H]12. The quantitative estimate of drug-likeness (QED) is 0.689. The maximum absolute atomic E-state index is 10.2. The topological polar surface area (TPSA) is 33.1 Å². The van der Waals surface area contributed by atoms with E-state index in [1.54, 1.807) is 11.1 Å². The Bertz CT molecular complexity index is 766. The Morgan fingerprint density at radius 3 is 2.69 bits per heavy atom. The zero-order chi connectivity index (χ0) is 17.9. The van der Waals surface area contributed by atoms with E-state index < -0.39 is 0 Å². The Kier molecular flexibility index (Phi) is 3.73. The predicted molar refractivity (Wildman–Crippen MR) is 105 cm³/mol. The number of hydrogen-bond donors (Lipinski definition) is 1. The first kappa shape index (κ1) is 16.7. The second-order valence-electron chi connectivity index (χ2n) is 9.71. The summed E-state index contributed by atoms with van der Waals surface area (Å²) in [5, 5.41) is 10.2. The van der Waals surface area contributed by atoms with Crippen LogP contribution in [0.25, 0.3) is 5.57 Å². The molecule has 0 aliphatic heterocycles. The van der Waals surface area contributed by atoms with E-state index in [-0.39, 0.29) is 6.10 Å². The minimum absolute atomic E-state index is 0.106. The summed E-state index contributed by atoms with van der Waals surface area (Å²) in [5.41, 5.74) is 5.09. The van der Waals surface area contributed by atoms with E-state index in [2.05, 4.69) is 43.1 Å². The highest BCUT2D eigenvalue weighted by molar-refractivity contribution is 5.72. The first-order chi connectivity index (χ1) is 12.5. The van der Waals surface area contributed by atoms with Gasteiger partial charge in [-0.15, -0.1) is 0 Å². The Balaban J connectivity index is 1.48. The molecule has 6 atom stereocenters. The molecule has 2 fully saturated rings. The number of aromatic nitrogens is 1. The number of fused-ring (bicyclic) bond motifs is 5. The number of hydrogen-bond acceptors (Lipinski definition) is 2. The summed E-state index contributed by atoms with van der Waals surface area (Å²) >= 11 is 0. The third-order valence-corrected chi connectivity index (χ3v) is 8.63. The predicted octanol–water partition coefficient (Wildman–Crippen LogP) is 5.40. The lowest BCUT2D eigenvalue weighted by Crippen LogP contribution is -2.49.